The Kier molecular flexibility index (Phi) is 4.53. The highest BCUT2D eigenvalue weighted by Gasteiger charge is 2.25. The van der Waals surface area contributed by atoms with Gasteiger partial charge in [0.05, 0.1) is 18.4 Å². The Balaban J connectivity index is 2.23. The number of aromatic nitrogens is 2. The zero-order valence-corrected chi connectivity index (χ0v) is 12.6. The molecule has 0 amide bonds. The third-order valence-corrected chi connectivity index (χ3v) is 3.55. The highest BCUT2D eigenvalue weighted by molar-refractivity contribution is 5.57. The van der Waals surface area contributed by atoms with Crippen LogP contribution in [0.3, 0.4) is 0 Å². The summed E-state index contributed by atoms with van der Waals surface area (Å²) in [5.74, 6) is 0.683. The minimum atomic E-state index is 0.133. The van der Waals surface area contributed by atoms with Crippen LogP contribution in [0.5, 0.6) is 0 Å². The van der Waals surface area contributed by atoms with Gasteiger partial charge in [0.25, 0.3) is 0 Å². The molecule has 0 N–H and O–H groups in total. The summed E-state index contributed by atoms with van der Waals surface area (Å²) in [7, 11) is 4.05. The van der Waals surface area contributed by atoms with E-state index in [1.807, 2.05) is 27.9 Å². The quantitative estimate of drug-likeness (QED) is 0.810. The molecule has 0 radical (unpaired) electrons. The Morgan fingerprint density at radius 1 is 1.40 bits per heavy atom. The molecule has 0 bridgehead atoms. The highest BCUT2D eigenvalue weighted by Crippen LogP contribution is 2.23. The number of anilines is 1. The fourth-order valence-corrected chi connectivity index (χ4v) is 2.38. The van der Waals surface area contributed by atoms with Gasteiger partial charge in [-0.1, -0.05) is 0 Å². The average molecular weight is 275 g/mol. The Bertz CT molecular complexity index is 523. The number of nitriles is 1. The van der Waals surface area contributed by atoms with Crippen molar-refractivity contribution in [1.29, 1.82) is 5.26 Å². The summed E-state index contributed by atoms with van der Waals surface area (Å²) in [5, 5.41) is 17.8. The molecular weight excluding hydrogens is 254 g/mol. The molecule has 1 aromatic heterocycles. The molecule has 0 spiro atoms. The molecule has 0 aromatic carbocycles. The average Bonchev–Trinajstić information content (AvgIpc) is 2.41. The maximum absolute atomic E-state index is 9.38. The largest absolute Gasteiger partial charge is 0.373 e. The van der Waals surface area contributed by atoms with Gasteiger partial charge in [0.2, 0.25) is 0 Å². The number of ether oxygens (including phenoxy) is 1. The summed E-state index contributed by atoms with van der Waals surface area (Å²) in [4.78, 5) is 4.21. The zero-order chi connectivity index (χ0) is 14.7. The standard InChI is InChI=1S/C14H21N5O/c1-10-11(2)16-17-14(13(10)7-15)19-5-6-20-12(9-19)8-18(3)4/h12H,5-6,8-9H2,1-4H3/t12-/m0/s1. The predicted molar refractivity (Wildman–Crippen MR) is 76.7 cm³/mol. The second kappa shape index (κ2) is 6.16. The van der Waals surface area contributed by atoms with Crippen molar-refractivity contribution in [2.45, 2.75) is 20.0 Å². The fraction of sp³-hybridized carbons (Fsp3) is 0.643. The smallest absolute Gasteiger partial charge is 0.169 e. The molecule has 2 rings (SSSR count). The molecule has 1 atom stereocenters. The van der Waals surface area contributed by atoms with Crippen LogP contribution in [0, 0.1) is 25.2 Å². The van der Waals surface area contributed by atoms with Crippen LogP contribution in [0.25, 0.3) is 0 Å². The topological polar surface area (TPSA) is 65.3 Å². The van der Waals surface area contributed by atoms with Gasteiger partial charge in [-0.05, 0) is 33.5 Å². The van der Waals surface area contributed by atoms with Crippen LogP contribution in [0.15, 0.2) is 0 Å². The monoisotopic (exact) mass is 275 g/mol. The van der Waals surface area contributed by atoms with E-state index < -0.39 is 0 Å². The van der Waals surface area contributed by atoms with Crippen molar-refractivity contribution in [1.82, 2.24) is 15.1 Å². The third kappa shape index (κ3) is 3.06. The molecular formula is C14H21N5O. The van der Waals surface area contributed by atoms with E-state index in [4.69, 9.17) is 4.74 Å². The molecule has 6 nitrogen and oxygen atoms in total. The second-order valence-electron chi connectivity index (χ2n) is 5.42. The number of morpholine rings is 1. The first-order valence-electron chi connectivity index (χ1n) is 6.78. The summed E-state index contributed by atoms with van der Waals surface area (Å²) >= 11 is 0. The number of aryl methyl sites for hydroxylation is 1. The van der Waals surface area contributed by atoms with Crippen LogP contribution in [-0.2, 0) is 4.74 Å². The first-order chi connectivity index (χ1) is 9.52. The summed E-state index contributed by atoms with van der Waals surface area (Å²) in [5.41, 5.74) is 2.35. The Morgan fingerprint density at radius 2 is 2.15 bits per heavy atom. The minimum Gasteiger partial charge on any atom is -0.373 e. The molecule has 1 aliphatic heterocycles. The van der Waals surface area contributed by atoms with Gasteiger partial charge in [-0.15, -0.1) is 5.10 Å². The number of rotatable bonds is 3. The van der Waals surface area contributed by atoms with Crippen molar-refractivity contribution >= 4 is 5.82 Å². The van der Waals surface area contributed by atoms with Gasteiger partial charge in [0.1, 0.15) is 11.6 Å². The van der Waals surface area contributed by atoms with E-state index in [9.17, 15) is 5.26 Å². The molecule has 1 saturated heterocycles. The molecule has 0 unspecified atom stereocenters. The number of hydrogen-bond donors (Lipinski definition) is 0. The van der Waals surface area contributed by atoms with Crippen molar-refractivity contribution in [2.75, 3.05) is 45.2 Å². The van der Waals surface area contributed by atoms with Gasteiger partial charge in [0.15, 0.2) is 5.82 Å². The number of nitrogens with zero attached hydrogens (tertiary/aromatic N) is 5. The molecule has 0 aliphatic carbocycles. The van der Waals surface area contributed by atoms with E-state index in [0.29, 0.717) is 18.0 Å². The van der Waals surface area contributed by atoms with Crippen molar-refractivity contribution in [3.8, 4) is 6.07 Å². The van der Waals surface area contributed by atoms with E-state index in [1.165, 1.54) is 0 Å². The summed E-state index contributed by atoms with van der Waals surface area (Å²) in [6.07, 6.45) is 0.133. The minimum absolute atomic E-state index is 0.133. The van der Waals surface area contributed by atoms with Crippen LogP contribution in [-0.4, -0.2) is 61.5 Å². The van der Waals surface area contributed by atoms with Crippen molar-refractivity contribution < 1.29 is 4.74 Å². The van der Waals surface area contributed by atoms with Gasteiger partial charge in [0, 0.05) is 19.6 Å². The van der Waals surface area contributed by atoms with Crippen molar-refractivity contribution in [3.63, 3.8) is 0 Å². The van der Waals surface area contributed by atoms with Gasteiger partial charge < -0.3 is 14.5 Å². The Morgan fingerprint density at radius 3 is 2.80 bits per heavy atom. The molecule has 6 heteroatoms. The lowest BCUT2D eigenvalue weighted by Crippen LogP contribution is -2.47. The van der Waals surface area contributed by atoms with Gasteiger partial charge in [-0.3, -0.25) is 0 Å². The van der Waals surface area contributed by atoms with Gasteiger partial charge in [-0.2, -0.15) is 10.4 Å². The summed E-state index contributed by atoms with van der Waals surface area (Å²) < 4.78 is 5.75. The van der Waals surface area contributed by atoms with Crippen molar-refractivity contribution in [3.05, 3.63) is 16.8 Å². The molecule has 1 aliphatic rings. The number of likely N-dealkylation sites (N-methyl/N-ethyl adjacent to an activating group) is 1. The second-order valence-corrected chi connectivity index (χ2v) is 5.42. The molecule has 1 fully saturated rings. The lowest BCUT2D eigenvalue weighted by atomic mass is 10.1. The molecule has 20 heavy (non-hydrogen) atoms. The van der Waals surface area contributed by atoms with Crippen LogP contribution in [0.4, 0.5) is 5.82 Å². The third-order valence-electron chi connectivity index (χ3n) is 3.55. The lowest BCUT2D eigenvalue weighted by molar-refractivity contribution is 0.0245. The van der Waals surface area contributed by atoms with E-state index in [0.717, 1.165) is 30.9 Å². The molecule has 0 saturated carbocycles. The molecule has 2 heterocycles. The van der Waals surface area contributed by atoms with E-state index in [-0.39, 0.29) is 6.10 Å². The van der Waals surface area contributed by atoms with Crippen LogP contribution < -0.4 is 4.90 Å². The number of hydrogen-bond acceptors (Lipinski definition) is 6. The van der Waals surface area contributed by atoms with Crippen LogP contribution >= 0.6 is 0 Å². The van der Waals surface area contributed by atoms with Gasteiger partial charge in [-0.25, -0.2) is 0 Å². The van der Waals surface area contributed by atoms with Gasteiger partial charge >= 0.3 is 0 Å². The maximum atomic E-state index is 9.38. The zero-order valence-electron chi connectivity index (χ0n) is 12.6. The highest BCUT2D eigenvalue weighted by atomic mass is 16.5. The Hall–Kier alpha value is -1.71. The first-order valence-corrected chi connectivity index (χ1v) is 6.78. The lowest BCUT2D eigenvalue weighted by Gasteiger charge is -2.35. The van der Waals surface area contributed by atoms with Crippen LogP contribution in [0.1, 0.15) is 16.8 Å². The predicted octanol–water partition coefficient (Wildman–Crippen LogP) is 0.732. The van der Waals surface area contributed by atoms with E-state index in [2.05, 4.69) is 26.1 Å². The SMILES string of the molecule is Cc1nnc(N2CCO[C@@H](CN(C)C)C2)c(C#N)c1C. The van der Waals surface area contributed by atoms with E-state index >= 15 is 0 Å². The fourth-order valence-electron chi connectivity index (χ4n) is 2.38. The maximum Gasteiger partial charge on any atom is 0.169 e. The Labute approximate surface area is 120 Å². The van der Waals surface area contributed by atoms with Crippen LogP contribution in [0.2, 0.25) is 0 Å². The molecule has 108 valence electrons. The first kappa shape index (κ1) is 14.7. The molecule has 1 aromatic rings. The normalized spacial score (nSPS) is 19.2. The van der Waals surface area contributed by atoms with E-state index in [1.54, 1.807) is 0 Å². The van der Waals surface area contributed by atoms with Crippen molar-refractivity contribution in [2.24, 2.45) is 0 Å². The summed E-state index contributed by atoms with van der Waals surface area (Å²) in [6.45, 7) is 6.79. The summed E-state index contributed by atoms with van der Waals surface area (Å²) in [6, 6.07) is 2.26.